The molecule has 0 aliphatic heterocycles. The van der Waals surface area contributed by atoms with Crippen LogP contribution in [0.15, 0.2) is 0 Å². The number of aliphatic hydroxyl groups excluding tert-OH is 1. The summed E-state index contributed by atoms with van der Waals surface area (Å²) in [5.41, 5.74) is 0. The van der Waals surface area contributed by atoms with Crippen molar-refractivity contribution in [3.63, 3.8) is 0 Å². The van der Waals surface area contributed by atoms with E-state index in [0.717, 1.165) is 64.2 Å². The Morgan fingerprint density at radius 2 is 1.07 bits per heavy atom. The Morgan fingerprint density at radius 3 is 1.44 bits per heavy atom. The minimum absolute atomic E-state index is 0. The van der Waals surface area contributed by atoms with Crippen LogP contribution in [0.1, 0.15) is 123 Å². The molecule has 0 saturated carbocycles. The molecule has 2 unspecified atom stereocenters. The van der Waals surface area contributed by atoms with Gasteiger partial charge in [0.15, 0.2) is 0 Å². The van der Waals surface area contributed by atoms with Gasteiger partial charge in [0, 0.05) is 5.25 Å². The Morgan fingerprint density at radius 1 is 0.704 bits per heavy atom. The molecule has 0 aliphatic carbocycles. The van der Waals surface area contributed by atoms with E-state index in [9.17, 15) is 18.1 Å². The van der Waals surface area contributed by atoms with E-state index in [-0.39, 0.29) is 57.5 Å². The molecular weight excluding hydrogens is 387 g/mol. The molecule has 2 atom stereocenters. The molecule has 0 amide bonds. The Hall–Kier alpha value is 1.51. The van der Waals surface area contributed by atoms with Gasteiger partial charge in [-0.1, -0.05) is 97.3 Å². The Bertz CT molecular complexity index is 401. The fourth-order valence-electron chi connectivity index (χ4n) is 3.43. The first-order valence-electron chi connectivity index (χ1n) is 11.0. The third kappa shape index (κ3) is 20.6. The maximum Gasteiger partial charge on any atom is 1.00 e. The summed E-state index contributed by atoms with van der Waals surface area (Å²) in [7, 11) is -4.16. The Labute approximate surface area is 211 Å². The van der Waals surface area contributed by atoms with Crippen molar-refractivity contribution >= 4 is 10.1 Å². The smallest absolute Gasteiger partial charge is 0.748 e. The van der Waals surface area contributed by atoms with Gasteiger partial charge in [0.1, 0.15) is 0 Å². The van der Waals surface area contributed by atoms with Gasteiger partial charge >= 0.3 is 51.4 Å². The van der Waals surface area contributed by atoms with Crippen LogP contribution in [-0.4, -0.2) is 29.4 Å². The van der Waals surface area contributed by atoms with Gasteiger partial charge in [0.2, 0.25) is 0 Å². The van der Waals surface area contributed by atoms with E-state index in [1.165, 1.54) is 32.1 Å². The molecule has 0 spiro atoms. The predicted octanol–water partition coefficient (Wildman–Crippen LogP) is 2.94. The molecule has 0 saturated heterocycles. The van der Waals surface area contributed by atoms with Gasteiger partial charge in [-0.3, -0.25) is 0 Å². The summed E-state index contributed by atoms with van der Waals surface area (Å²) in [6, 6.07) is 0. The maximum absolute atomic E-state index is 11.5. The van der Waals surface area contributed by atoms with E-state index < -0.39 is 15.4 Å². The summed E-state index contributed by atoms with van der Waals surface area (Å²) in [6.45, 7) is 4.20. The van der Waals surface area contributed by atoms with E-state index in [1.54, 1.807) is 0 Å². The molecule has 27 heavy (non-hydrogen) atoms. The van der Waals surface area contributed by atoms with E-state index in [2.05, 4.69) is 6.92 Å². The van der Waals surface area contributed by atoms with Crippen LogP contribution < -0.4 is 51.4 Å². The first-order valence-corrected chi connectivity index (χ1v) is 12.5. The van der Waals surface area contributed by atoms with Gasteiger partial charge in [0.05, 0.1) is 16.2 Å². The average molecular weight is 431 g/mol. The summed E-state index contributed by atoms with van der Waals surface area (Å²) in [5, 5.41) is 8.81. The quantitative estimate of drug-likeness (QED) is 0.194. The van der Waals surface area contributed by atoms with Crippen molar-refractivity contribution in [2.45, 2.75) is 134 Å². The van der Waals surface area contributed by atoms with Gasteiger partial charge in [-0.05, 0) is 25.7 Å². The summed E-state index contributed by atoms with van der Waals surface area (Å²) in [4.78, 5) is 0. The summed E-state index contributed by atoms with van der Waals surface area (Å²) < 4.78 is 34.4. The van der Waals surface area contributed by atoms with E-state index in [0.29, 0.717) is 12.8 Å². The number of hydrogen-bond acceptors (Lipinski definition) is 4. The second-order valence-electron chi connectivity index (χ2n) is 7.79. The fourth-order valence-corrected chi connectivity index (χ4v) is 4.34. The molecule has 0 heterocycles. The van der Waals surface area contributed by atoms with E-state index in [1.807, 2.05) is 6.92 Å². The van der Waals surface area contributed by atoms with Crippen LogP contribution in [0.2, 0.25) is 0 Å². The zero-order chi connectivity index (χ0) is 19.7. The summed E-state index contributed by atoms with van der Waals surface area (Å²) in [6.07, 6.45) is 16.9. The van der Waals surface area contributed by atoms with Gasteiger partial charge < -0.3 is 9.66 Å². The molecular formula is C21H43KO4S. The van der Waals surface area contributed by atoms with Crippen molar-refractivity contribution in [1.29, 1.82) is 0 Å². The molecule has 0 aliphatic rings. The monoisotopic (exact) mass is 430 g/mol. The van der Waals surface area contributed by atoms with Crippen LogP contribution >= 0.6 is 0 Å². The molecule has 0 aromatic carbocycles. The third-order valence-electron chi connectivity index (χ3n) is 5.32. The van der Waals surface area contributed by atoms with E-state index in [4.69, 9.17) is 0 Å². The molecule has 0 aromatic rings. The predicted molar refractivity (Wildman–Crippen MR) is 109 cm³/mol. The van der Waals surface area contributed by atoms with Gasteiger partial charge in [-0.25, -0.2) is 8.42 Å². The van der Waals surface area contributed by atoms with Crippen LogP contribution in [0, 0.1) is 0 Å². The van der Waals surface area contributed by atoms with E-state index >= 15 is 0 Å². The van der Waals surface area contributed by atoms with Crippen LogP contribution in [0.25, 0.3) is 0 Å². The number of rotatable bonds is 19. The molecule has 0 rings (SSSR count). The van der Waals surface area contributed by atoms with Crippen LogP contribution in [0.4, 0.5) is 0 Å². The molecule has 6 heteroatoms. The normalized spacial score (nSPS) is 13.9. The molecule has 158 valence electrons. The molecule has 0 radical (unpaired) electrons. The molecule has 0 bridgehead atoms. The molecule has 0 fully saturated rings. The first kappa shape index (κ1) is 30.7. The number of aliphatic hydroxyl groups is 1. The van der Waals surface area contributed by atoms with Crippen molar-refractivity contribution in [2.24, 2.45) is 0 Å². The molecule has 1 N–H and O–H groups in total. The second-order valence-corrected chi connectivity index (χ2v) is 9.44. The summed E-state index contributed by atoms with van der Waals surface area (Å²) >= 11 is 0. The Kier molecular flexibility index (Phi) is 23.6. The standard InChI is InChI=1S/C21H44O4S.K/c1-3-5-6-7-8-9-12-15-18-21(26(23,24)25)19-16-13-10-11-14-17-20(22)4-2;/h20-22H,3-19H2,1-2H3,(H,23,24,25);/q;+1/p-1. The maximum atomic E-state index is 11.5. The molecule has 4 nitrogen and oxygen atoms in total. The third-order valence-corrected chi connectivity index (χ3v) is 6.61. The van der Waals surface area contributed by atoms with Crippen molar-refractivity contribution < 1.29 is 69.5 Å². The summed E-state index contributed by atoms with van der Waals surface area (Å²) in [5.74, 6) is 0. The first-order chi connectivity index (χ1) is 12.4. The number of unbranched alkanes of at least 4 members (excludes halogenated alkanes) is 11. The van der Waals surface area contributed by atoms with Crippen molar-refractivity contribution in [1.82, 2.24) is 0 Å². The fraction of sp³-hybridized carbons (Fsp3) is 1.00. The van der Waals surface area contributed by atoms with Crippen molar-refractivity contribution in [2.75, 3.05) is 0 Å². The number of hydrogen-bond donors (Lipinski definition) is 1. The van der Waals surface area contributed by atoms with Gasteiger partial charge in [-0.15, -0.1) is 0 Å². The zero-order valence-electron chi connectivity index (χ0n) is 18.3. The molecule has 0 aromatic heterocycles. The minimum atomic E-state index is -4.16. The van der Waals surface area contributed by atoms with Gasteiger partial charge in [-0.2, -0.15) is 0 Å². The Balaban J connectivity index is 0. The minimum Gasteiger partial charge on any atom is -0.748 e. The average Bonchev–Trinajstić information content (AvgIpc) is 2.59. The van der Waals surface area contributed by atoms with Crippen LogP contribution in [-0.2, 0) is 10.1 Å². The van der Waals surface area contributed by atoms with Crippen LogP contribution in [0.3, 0.4) is 0 Å². The topological polar surface area (TPSA) is 77.4 Å². The van der Waals surface area contributed by atoms with Crippen LogP contribution in [0.5, 0.6) is 0 Å². The van der Waals surface area contributed by atoms with Crippen molar-refractivity contribution in [3.8, 4) is 0 Å². The largest absolute Gasteiger partial charge is 1.00 e. The second kappa shape index (κ2) is 20.8. The zero-order valence-corrected chi connectivity index (χ0v) is 22.2. The van der Waals surface area contributed by atoms with Gasteiger partial charge in [0.25, 0.3) is 0 Å². The SMILES string of the molecule is CCCCCCCCCCC(CCCCCCCC(O)CC)S(=O)(=O)[O-].[K+]. The van der Waals surface area contributed by atoms with Crippen molar-refractivity contribution in [3.05, 3.63) is 0 Å².